The molecule has 0 unspecified atom stereocenters. The van der Waals surface area contributed by atoms with Crippen molar-refractivity contribution in [2.75, 3.05) is 24.7 Å². The Morgan fingerprint density at radius 2 is 1.95 bits per heavy atom. The van der Waals surface area contributed by atoms with Gasteiger partial charge in [-0.1, -0.05) is 43.0 Å². The number of hydrogen-bond donors (Lipinski definition) is 1. The van der Waals surface area contributed by atoms with Crippen LogP contribution in [0.4, 0.5) is 5.69 Å². The van der Waals surface area contributed by atoms with E-state index in [2.05, 4.69) is 5.32 Å². The zero-order chi connectivity index (χ0) is 16.8. The van der Waals surface area contributed by atoms with Gasteiger partial charge in [-0.2, -0.15) is 4.31 Å². The van der Waals surface area contributed by atoms with Gasteiger partial charge in [-0.25, -0.2) is 8.42 Å². The van der Waals surface area contributed by atoms with Gasteiger partial charge in [-0.15, -0.1) is 0 Å². The number of nitrogens with zero attached hydrogens (tertiary/aromatic N) is 1. The van der Waals surface area contributed by atoms with Gasteiger partial charge in [0.25, 0.3) is 0 Å². The molecule has 1 rings (SSSR count). The Morgan fingerprint density at radius 1 is 1.27 bits per heavy atom. The lowest BCUT2D eigenvalue weighted by molar-refractivity contribution is -0.116. The van der Waals surface area contributed by atoms with Gasteiger partial charge in [0.15, 0.2) is 0 Å². The Labute approximate surface area is 141 Å². The molecule has 0 saturated carbocycles. The van der Waals surface area contributed by atoms with Gasteiger partial charge in [0.1, 0.15) is 0 Å². The first-order valence-electron chi connectivity index (χ1n) is 6.94. The molecule has 0 aliphatic carbocycles. The van der Waals surface area contributed by atoms with Crippen LogP contribution in [0, 0.1) is 0 Å². The molecule has 1 amide bonds. The Morgan fingerprint density at radius 3 is 2.50 bits per heavy atom. The minimum Gasteiger partial charge on any atom is -0.324 e. The first-order chi connectivity index (χ1) is 10.2. The van der Waals surface area contributed by atoms with Gasteiger partial charge >= 0.3 is 0 Å². The minimum atomic E-state index is -3.43. The molecule has 0 saturated heterocycles. The lowest BCUT2D eigenvalue weighted by Crippen LogP contribution is -2.38. The third-order valence-corrected chi connectivity index (χ3v) is 4.80. The van der Waals surface area contributed by atoms with E-state index in [0.29, 0.717) is 22.3 Å². The number of anilines is 1. The molecule has 5 nitrogen and oxygen atoms in total. The van der Waals surface area contributed by atoms with Crippen LogP contribution in [0.2, 0.25) is 10.0 Å². The highest BCUT2D eigenvalue weighted by atomic mass is 35.5. The maximum Gasteiger partial charge on any atom is 0.239 e. The fraction of sp³-hybridized carbons (Fsp3) is 0.500. The number of benzene rings is 1. The van der Waals surface area contributed by atoms with Crippen molar-refractivity contribution < 1.29 is 13.2 Å². The number of sulfonamides is 1. The third kappa shape index (κ3) is 6.52. The van der Waals surface area contributed by atoms with Crippen LogP contribution in [-0.2, 0) is 14.8 Å². The number of halogens is 2. The van der Waals surface area contributed by atoms with Crippen LogP contribution >= 0.6 is 23.2 Å². The van der Waals surface area contributed by atoms with Crippen LogP contribution in [0.1, 0.15) is 26.2 Å². The van der Waals surface area contributed by atoms with E-state index in [1.165, 1.54) is 10.4 Å². The largest absolute Gasteiger partial charge is 0.324 e. The predicted molar refractivity (Wildman–Crippen MR) is 91.0 cm³/mol. The summed E-state index contributed by atoms with van der Waals surface area (Å²) < 4.78 is 24.6. The highest BCUT2D eigenvalue weighted by Crippen LogP contribution is 2.25. The standard InChI is InChI=1S/C14H20Cl2N2O3S/c1-3-4-5-8-18(22(2,20)21)10-14(19)17-13-7-6-11(15)9-12(13)16/h6-7,9H,3-5,8,10H2,1-2H3,(H,17,19). The molecule has 1 aromatic rings. The maximum absolute atomic E-state index is 12.0. The average Bonchev–Trinajstić information content (AvgIpc) is 2.40. The van der Waals surface area contributed by atoms with Gasteiger partial charge in [0.2, 0.25) is 15.9 Å². The van der Waals surface area contributed by atoms with E-state index in [4.69, 9.17) is 23.2 Å². The highest BCUT2D eigenvalue weighted by Gasteiger charge is 2.20. The summed E-state index contributed by atoms with van der Waals surface area (Å²) in [5, 5.41) is 3.36. The second kappa shape index (κ2) is 8.72. The smallest absolute Gasteiger partial charge is 0.239 e. The number of nitrogens with one attached hydrogen (secondary N) is 1. The first kappa shape index (κ1) is 19.2. The van der Waals surface area contributed by atoms with Crippen LogP contribution in [-0.4, -0.2) is 38.0 Å². The lowest BCUT2D eigenvalue weighted by atomic mass is 10.2. The summed E-state index contributed by atoms with van der Waals surface area (Å²) in [5.41, 5.74) is 0.401. The van der Waals surface area contributed by atoms with Crippen molar-refractivity contribution in [1.29, 1.82) is 0 Å². The molecule has 0 radical (unpaired) electrons. The van der Waals surface area contributed by atoms with Crippen molar-refractivity contribution in [3.05, 3.63) is 28.2 Å². The second-order valence-corrected chi connectivity index (χ2v) is 7.80. The summed E-state index contributed by atoms with van der Waals surface area (Å²) in [6.45, 7) is 2.12. The van der Waals surface area contributed by atoms with E-state index in [-0.39, 0.29) is 6.54 Å². The predicted octanol–water partition coefficient (Wildman–Crippen LogP) is 3.38. The van der Waals surface area contributed by atoms with E-state index in [1.54, 1.807) is 12.1 Å². The van der Waals surface area contributed by atoms with Gasteiger partial charge in [0, 0.05) is 11.6 Å². The summed E-state index contributed by atoms with van der Waals surface area (Å²) in [6, 6.07) is 4.68. The zero-order valence-electron chi connectivity index (χ0n) is 12.6. The summed E-state index contributed by atoms with van der Waals surface area (Å²) in [7, 11) is -3.43. The molecule has 1 aromatic carbocycles. The monoisotopic (exact) mass is 366 g/mol. The van der Waals surface area contributed by atoms with Crippen molar-refractivity contribution in [2.24, 2.45) is 0 Å². The number of rotatable bonds is 8. The molecule has 22 heavy (non-hydrogen) atoms. The molecule has 0 bridgehead atoms. The van der Waals surface area contributed by atoms with Crippen LogP contribution in [0.3, 0.4) is 0 Å². The third-order valence-electron chi connectivity index (χ3n) is 3.01. The van der Waals surface area contributed by atoms with Gasteiger partial charge < -0.3 is 5.32 Å². The molecule has 1 N–H and O–H groups in total. The number of carbonyl (C=O) groups excluding carboxylic acids is 1. The van der Waals surface area contributed by atoms with Gasteiger partial charge in [0.05, 0.1) is 23.5 Å². The molecule has 0 aliphatic rings. The molecule has 0 aliphatic heterocycles. The van der Waals surface area contributed by atoms with E-state index in [1.807, 2.05) is 6.92 Å². The van der Waals surface area contributed by atoms with Gasteiger partial charge in [-0.05, 0) is 24.6 Å². The van der Waals surface area contributed by atoms with Crippen LogP contribution in [0.5, 0.6) is 0 Å². The molecular weight excluding hydrogens is 347 g/mol. The number of amides is 1. The van der Waals surface area contributed by atoms with Crippen LogP contribution < -0.4 is 5.32 Å². The van der Waals surface area contributed by atoms with E-state index in [0.717, 1.165) is 25.5 Å². The molecule has 0 fully saturated rings. The molecule has 0 heterocycles. The average molecular weight is 367 g/mol. The summed E-state index contributed by atoms with van der Waals surface area (Å²) in [4.78, 5) is 12.0. The summed E-state index contributed by atoms with van der Waals surface area (Å²) in [5.74, 6) is -0.439. The van der Waals surface area contributed by atoms with Crippen molar-refractivity contribution in [2.45, 2.75) is 26.2 Å². The van der Waals surface area contributed by atoms with Gasteiger partial charge in [-0.3, -0.25) is 4.79 Å². The number of carbonyl (C=O) groups is 1. The fourth-order valence-corrected chi connectivity index (χ4v) is 3.11. The Balaban J connectivity index is 2.70. The molecule has 0 aromatic heterocycles. The Bertz CT molecular complexity index is 621. The fourth-order valence-electron chi connectivity index (χ4n) is 1.84. The van der Waals surface area contributed by atoms with E-state index >= 15 is 0 Å². The van der Waals surface area contributed by atoms with Crippen molar-refractivity contribution in [3.63, 3.8) is 0 Å². The number of unbranched alkanes of at least 4 members (excludes halogenated alkanes) is 2. The Hall–Kier alpha value is -0.820. The molecule has 0 spiro atoms. The summed E-state index contributed by atoms with van der Waals surface area (Å²) >= 11 is 11.8. The number of hydrogen-bond acceptors (Lipinski definition) is 3. The van der Waals surface area contributed by atoms with Crippen molar-refractivity contribution in [3.8, 4) is 0 Å². The van der Waals surface area contributed by atoms with E-state index < -0.39 is 15.9 Å². The van der Waals surface area contributed by atoms with Crippen molar-refractivity contribution in [1.82, 2.24) is 4.31 Å². The minimum absolute atomic E-state index is 0.235. The quantitative estimate of drug-likeness (QED) is 0.717. The van der Waals surface area contributed by atoms with Crippen LogP contribution in [0.25, 0.3) is 0 Å². The zero-order valence-corrected chi connectivity index (χ0v) is 14.9. The SMILES string of the molecule is CCCCCN(CC(=O)Nc1ccc(Cl)cc1Cl)S(C)(=O)=O. The molecular formula is C14H20Cl2N2O3S. The summed E-state index contributed by atoms with van der Waals surface area (Å²) in [6.07, 6.45) is 3.71. The van der Waals surface area contributed by atoms with Crippen LogP contribution in [0.15, 0.2) is 18.2 Å². The second-order valence-electron chi connectivity index (χ2n) is 4.98. The first-order valence-corrected chi connectivity index (χ1v) is 9.54. The lowest BCUT2D eigenvalue weighted by Gasteiger charge is -2.19. The molecule has 0 atom stereocenters. The molecule has 124 valence electrons. The van der Waals surface area contributed by atoms with E-state index in [9.17, 15) is 13.2 Å². The Kier molecular flexibility index (Phi) is 7.62. The normalized spacial score (nSPS) is 11.7. The maximum atomic E-state index is 12.0. The topological polar surface area (TPSA) is 66.5 Å². The van der Waals surface area contributed by atoms with Crippen molar-refractivity contribution >= 4 is 44.8 Å². The highest BCUT2D eigenvalue weighted by molar-refractivity contribution is 7.88. The molecule has 8 heteroatoms.